The molecule has 4 heteroatoms. The van der Waals surface area contributed by atoms with Gasteiger partial charge in [0.1, 0.15) is 11.5 Å². The highest BCUT2D eigenvalue weighted by Crippen LogP contribution is 2.14. The molecule has 1 N–H and O–H groups in total. The molecule has 0 amide bonds. The second kappa shape index (κ2) is 7.78. The molecular formula is C17H23BrN2O. The van der Waals surface area contributed by atoms with Gasteiger partial charge in [0, 0.05) is 17.1 Å². The summed E-state index contributed by atoms with van der Waals surface area (Å²) in [5, 5.41) is 3.36. The third kappa shape index (κ3) is 5.65. The molecule has 2 aromatic rings. The fraction of sp³-hybridized carbons (Fsp3) is 0.412. The standard InChI is InChI=1S/C17H23BrN2O/c1-13(2)19-10-16-8-9-17(21-16)12-20(3)11-14-4-6-15(18)7-5-14/h4-9,13,19H,10-12H2,1-3H3. The smallest absolute Gasteiger partial charge is 0.118 e. The molecule has 0 spiro atoms. The van der Waals surface area contributed by atoms with Crippen molar-refractivity contribution in [2.75, 3.05) is 7.05 Å². The quantitative estimate of drug-likeness (QED) is 0.812. The lowest BCUT2D eigenvalue weighted by molar-refractivity contribution is 0.282. The number of rotatable bonds is 7. The highest BCUT2D eigenvalue weighted by Gasteiger charge is 2.07. The van der Waals surface area contributed by atoms with E-state index in [-0.39, 0.29) is 0 Å². The number of nitrogens with zero attached hydrogens (tertiary/aromatic N) is 1. The molecular weight excluding hydrogens is 328 g/mol. The first kappa shape index (κ1) is 16.3. The van der Waals surface area contributed by atoms with E-state index in [9.17, 15) is 0 Å². The Balaban J connectivity index is 1.84. The van der Waals surface area contributed by atoms with Crippen molar-refractivity contribution < 1.29 is 4.42 Å². The van der Waals surface area contributed by atoms with Crippen LogP contribution in [0.3, 0.4) is 0 Å². The lowest BCUT2D eigenvalue weighted by Crippen LogP contribution is -2.21. The highest BCUT2D eigenvalue weighted by atomic mass is 79.9. The van der Waals surface area contributed by atoms with Crippen LogP contribution in [0.5, 0.6) is 0 Å². The van der Waals surface area contributed by atoms with Crippen LogP contribution in [0.1, 0.15) is 30.9 Å². The molecule has 0 unspecified atom stereocenters. The molecule has 114 valence electrons. The van der Waals surface area contributed by atoms with Crippen molar-refractivity contribution >= 4 is 15.9 Å². The predicted octanol–water partition coefficient (Wildman–Crippen LogP) is 4.17. The van der Waals surface area contributed by atoms with E-state index >= 15 is 0 Å². The van der Waals surface area contributed by atoms with E-state index in [1.807, 2.05) is 0 Å². The van der Waals surface area contributed by atoms with Gasteiger partial charge in [-0.05, 0) is 36.9 Å². The Hall–Kier alpha value is -1.10. The summed E-state index contributed by atoms with van der Waals surface area (Å²) in [4.78, 5) is 2.25. The fourth-order valence-electron chi connectivity index (χ4n) is 2.13. The van der Waals surface area contributed by atoms with E-state index in [0.29, 0.717) is 6.04 Å². The van der Waals surface area contributed by atoms with Crippen LogP contribution in [0, 0.1) is 0 Å². The summed E-state index contributed by atoms with van der Waals surface area (Å²) < 4.78 is 6.96. The molecule has 2 rings (SSSR count). The van der Waals surface area contributed by atoms with Crippen molar-refractivity contribution in [2.45, 2.75) is 39.5 Å². The van der Waals surface area contributed by atoms with Gasteiger partial charge in [0.2, 0.25) is 0 Å². The number of hydrogen-bond acceptors (Lipinski definition) is 3. The van der Waals surface area contributed by atoms with Crippen molar-refractivity contribution in [1.82, 2.24) is 10.2 Å². The molecule has 0 saturated carbocycles. The van der Waals surface area contributed by atoms with Crippen LogP contribution in [0.25, 0.3) is 0 Å². The van der Waals surface area contributed by atoms with E-state index in [1.165, 1.54) is 5.56 Å². The average Bonchev–Trinajstić information content (AvgIpc) is 2.86. The van der Waals surface area contributed by atoms with Crippen LogP contribution < -0.4 is 5.32 Å². The molecule has 0 aliphatic rings. The maximum Gasteiger partial charge on any atom is 0.118 e. The molecule has 0 saturated heterocycles. The molecule has 0 fully saturated rings. The lowest BCUT2D eigenvalue weighted by atomic mass is 10.2. The fourth-order valence-corrected chi connectivity index (χ4v) is 2.39. The Kier molecular flexibility index (Phi) is 6.03. The van der Waals surface area contributed by atoms with E-state index in [0.717, 1.165) is 35.6 Å². The number of furan rings is 1. The Morgan fingerprint density at radius 3 is 2.38 bits per heavy atom. The summed E-state index contributed by atoms with van der Waals surface area (Å²) in [6, 6.07) is 13.0. The van der Waals surface area contributed by atoms with Gasteiger partial charge >= 0.3 is 0 Å². The molecule has 0 aliphatic heterocycles. The van der Waals surface area contributed by atoms with Crippen LogP contribution in [-0.4, -0.2) is 18.0 Å². The van der Waals surface area contributed by atoms with Gasteiger partial charge in [-0.1, -0.05) is 41.9 Å². The van der Waals surface area contributed by atoms with Crippen LogP contribution >= 0.6 is 15.9 Å². The summed E-state index contributed by atoms with van der Waals surface area (Å²) in [6.07, 6.45) is 0. The maximum atomic E-state index is 5.85. The maximum absolute atomic E-state index is 5.85. The van der Waals surface area contributed by atoms with E-state index in [1.54, 1.807) is 0 Å². The molecule has 21 heavy (non-hydrogen) atoms. The number of benzene rings is 1. The predicted molar refractivity (Wildman–Crippen MR) is 90.0 cm³/mol. The molecule has 1 aromatic carbocycles. The van der Waals surface area contributed by atoms with Crippen LogP contribution in [0.2, 0.25) is 0 Å². The molecule has 1 aromatic heterocycles. The summed E-state index contributed by atoms with van der Waals surface area (Å²) >= 11 is 3.46. The van der Waals surface area contributed by atoms with Crippen molar-refractivity contribution in [3.05, 3.63) is 58.0 Å². The van der Waals surface area contributed by atoms with E-state index in [2.05, 4.69) is 83.4 Å². The zero-order valence-electron chi connectivity index (χ0n) is 12.9. The summed E-state index contributed by atoms with van der Waals surface area (Å²) in [7, 11) is 2.11. The Labute approximate surface area is 135 Å². The third-order valence-corrected chi connectivity index (χ3v) is 3.72. The largest absolute Gasteiger partial charge is 0.463 e. The van der Waals surface area contributed by atoms with Crippen molar-refractivity contribution in [3.63, 3.8) is 0 Å². The zero-order chi connectivity index (χ0) is 15.2. The monoisotopic (exact) mass is 350 g/mol. The summed E-state index contributed by atoms with van der Waals surface area (Å²) in [5.41, 5.74) is 1.30. The van der Waals surface area contributed by atoms with Gasteiger partial charge in [-0.3, -0.25) is 4.90 Å². The van der Waals surface area contributed by atoms with Crippen LogP contribution in [0.15, 0.2) is 45.3 Å². The van der Waals surface area contributed by atoms with Crippen molar-refractivity contribution in [2.24, 2.45) is 0 Å². The topological polar surface area (TPSA) is 28.4 Å². The van der Waals surface area contributed by atoms with Crippen LogP contribution in [-0.2, 0) is 19.6 Å². The van der Waals surface area contributed by atoms with Gasteiger partial charge < -0.3 is 9.73 Å². The molecule has 0 atom stereocenters. The molecule has 0 radical (unpaired) electrons. The first-order valence-corrected chi connectivity index (χ1v) is 8.06. The first-order valence-electron chi connectivity index (χ1n) is 7.27. The van der Waals surface area contributed by atoms with E-state index < -0.39 is 0 Å². The minimum Gasteiger partial charge on any atom is -0.463 e. The lowest BCUT2D eigenvalue weighted by Gasteiger charge is -2.15. The first-order chi connectivity index (χ1) is 10.0. The van der Waals surface area contributed by atoms with Gasteiger partial charge in [0.05, 0.1) is 13.1 Å². The molecule has 0 aliphatic carbocycles. The summed E-state index contributed by atoms with van der Waals surface area (Å²) in [6.45, 7) is 6.78. The Bertz CT molecular complexity index is 548. The van der Waals surface area contributed by atoms with Crippen LogP contribution in [0.4, 0.5) is 0 Å². The van der Waals surface area contributed by atoms with Gasteiger partial charge in [-0.25, -0.2) is 0 Å². The van der Waals surface area contributed by atoms with Crippen molar-refractivity contribution in [1.29, 1.82) is 0 Å². The van der Waals surface area contributed by atoms with E-state index in [4.69, 9.17) is 4.42 Å². The highest BCUT2D eigenvalue weighted by molar-refractivity contribution is 9.10. The number of halogens is 1. The minimum atomic E-state index is 0.471. The average molecular weight is 351 g/mol. The number of hydrogen-bond donors (Lipinski definition) is 1. The Morgan fingerprint density at radius 2 is 1.71 bits per heavy atom. The molecule has 0 bridgehead atoms. The van der Waals surface area contributed by atoms with Crippen molar-refractivity contribution in [3.8, 4) is 0 Å². The van der Waals surface area contributed by atoms with Gasteiger partial charge in [-0.15, -0.1) is 0 Å². The number of nitrogens with one attached hydrogen (secondary N) is 1. The van der Waals surface area contributed by atoms with Gasteiger partial charge in [0.15, 0.2) is 0 Å². The second-order valence-electron chi connectivity index (χ2n) is 5.70. The second-order valence-corrected chi connectivity index (χ2v) is 6.62. The molecule has 1 heterocycles. The third-order valence-electron chi connectivity index (χ3n) is 3.19. The SMILES string of the molecule is CC(C)NCc1ccc(CN(C)Cc2ccc(Br)cc2)o1. The van der Waals surface area contributed by atoms with Gasteiger partial charge in [-0.2, -0.15) is 0 Å². The summed E-state index contributed by atoms with van der Waals surface area (Å²) in [5.74, 6) is 2.01. The minimum absolute atomic E-state index is 0.471. The Morgan fingerprint density at radius 1 is 1.05 bits per heavy atom. The van der Waals surface area contributed by atoms with Gasteiger partial charge in [0.25, 0.3) is 0 Å². The molecule has 3 nitrogen and oxygen atoms in total. The normalized spacial score (nSPS) is 11.5. The zero-order valence-corrected chi connectivity index (χ0v) is 14.5.